The standard InChI is InChI=1S/C15H17FN2O2/c16-14-4-3-12(13(7-14)8-17)10-18-5-1-2-11(9-18)6-15(19)20/h3-4,7,11H,1-2,5-6,9-10H2,(H,19,20). The van der Waals surface area contributed by atoms with Gasteiger partial charge >= 0.3 is 5.97 Å². The smallest absolute Gasteiger partial charge is 0.303 e. The zero-order valence-electron chi connectivity index (χ0n) is 11.2. The van der Waals surface area contributed by atoms with Crippen LogP contribution >= 0.6 is 0 Å². The van der Waals surface area contributed by atoms with E-state index in [-0.39, 0.29) is 12.3 Å². The van der Waals surface area contributed by atoms with E-state index in [1.54, 1.807) is 6.07 Å². The SMILES string of the molecule is N#Cc1cc(F)ccc1CN1CCCC(CC(=O)O)C1. The minimum Gasteiger partial charge on any atom is -0.481 e. The minimum absolute atomic E-state index is 0.159. The Labute approximate surface area is 117 Å². The lowest BCUT2D eigenvalue weighted by atomic mass is 9.94. The molecule has 0 radical (unpaired) electrons. The van der Waals surface area contributed by atoms with Gasteiger partial charge in [-0.3, -0.25) is 9.69 Å². The molecule has 0 amide bonds. The second kappa shape index (κ2) is 6.49. The van der Waals surface area contributed by atoms with Crippen molar-refractivity contribution < 1.29 is 14.3 Å². The van der Waals surface area contributed by atoms with Gasteiger partial charge in [-0.25, -0.2) is 4.39 Å². The first kappa shape index (κ1) is 14.5. The topological polar surface area (TPSA) is 64.3 Å². The zero-order valence-corrected chi connectivity index (χ0v) is 11.2. The first-order valence-corrected chi connectivity index (χ1v) is 6.71. The highest BCUT2D eigenvalue weighted by atomic mass is 19.1. The maximum atomic E-state index is 13.1. The van der Waals surface area contributed by atoms with Crippen LogP contribution in [-0.2, 0) is 11.3 Å². The van der Waals surface area contributed by atoms with E-state index in [1.807, 2.05) is 6.07 Å². The summed E-state index contributed by atoms with van der Waals surface area (Å²) in [6, 6.07) is 6.24. The van der Waals surface area contributed by atoms with Crippen molar-refractivity contribution in [2.24, 2.45) is 5.92 Å². The molecule has 0 aliphatic carbocycles. The second-order valence-corrected chi connectivity index (χ2v) is 5.25. The molecular formula is C15H17FN2O2. The normalized spacial score (nSPS) is 19.5. The van der Waals surface area contributed by atoms with Gasteiger partial charge in [-0.05, 0) is 43.0 Å². The summed E-state index contributed by atoms with van der Waals surface area (Å²) in [5.74, 6) is -1.02. The zero-order chi connectivity index (χ0) is 14.5. The van der Waals surface area contributed by atoms with Gasteiger partial charge in [0, 0.05) is 19.5 Å². The van der Waals surface area contributed by atoms with Crippen molar-refractivity contribution in [3.8, 4) is 6.07 Å². The molecule has 1 unspecified atom stereocenters. The van der Waals surface area contributed by atoms with Crippen LogP contribution in [0.25, 0.3) is 0 Å². The average molecular weight is 276 g/mol. The Morgan fingerprint density at radius 3 is 3.05 bits per heavy atom. The van der Waals surface area contributed by atoms with Gasteiger partial charge in [-0.2, -0.15) is 5.26 Å². The van der Waals surface area contributed by atoms with E-state index in [1.165, 1.54) is 12.1 Å². The minimum atomic E-state index is -0.767. The summed E-state index contributed by atoms with van der Waals surface area (Å²) >= 11 is 0. The molecule has 4 nitrogen and oxygen atoms in total. The molecule has 106 valence electrons. The third-order valence-corrected chi connectivity index (χ3v) is 3.65. The summed E-state index contributed by atoms with van der Waals surface area (Å²) in [6.45, 7) is 2.17. The molecule has 1 aromatic rings. The monoisotopic (exact) mass is 276 g/mol. The molecule has 1 aromatic carbocycles. The summed E-state index contributed by atoms with van der Waals surface area (Å²) in [5, 5.41) is 17.9. The van der Waals surface area contributed by atoms with Crippen molar-refractivity contribution in [3.05, 3.63) is 35.1 Å². The van der Waals surface area contributed by atoms with Crippen molar-refractivity contribution in [1.82, 2.24) is 4.90 Å². The fourth-order valence-electron chi connectivity index (χ4n) is 2.74. The molecular weight excluding hydrogens is 259 g/mol. The lowest BCUT2D eigenvalue weighted by Gasteiger charge is -2.32. The van der Waals surface area contributed by atoms with Gasteiger partial charge < -0.3 is 5.11 Å². The van der Waals surface area contributed by atoms with Gasteiger partial charge in [-0.15, -0.1) is 0 Å². The van der Waals surface area contributed by atoms with Crippen LogP contribution in [0.1, 0.15) is 30.4 Å². The number of hydrogen-bond acceptors (Lipinski definition) is 3. The largest absolute Gasteiger partial charge is 0.481 e. The van der Waals surface area contributed by atoms with Gasteiger partial charge in [0.05, 0.1) is 11.6 Å². The predicted octanol–water partition coefficient (Wildman–Crippen LogP) is 2.38. The highest BCUT2D eigenvalue weighted by Crippen LogP contribution is 2.22. The number of piperidine rings is 1. The third-order valence-electron chi connectivity index (χ3n) is 3.65. The molecule has 0 bridgehead atoms. The van der Waals surface area contributed by atoms with E-state index >= 15 is 0 Å². The van der Waals surface area contributed by atoms with Crippen LogP contribution in [0, 0.1) is 23.1 Å². The summed E-state index contributed by atoms with van der Waals surface area (Å²) in [7, 11) is 0. The van der Waals surface area contributed by atoms with Crippen LogP contribution in [0.3, 0.4) is 0 Å². The molecule has 0 spiro atoms. The van der Waals surface area contributed by atoms with Crippen molar-refractivity contribution in [3.63, 3.8) is 0 Å². The fraction of sp³-hybridized carbons (Fsp3) is 0.467. The molecule has 5 heteroatoms. The van der Waals surface area contributed by atoms with Crippen LogP contribution in [0.4, 0.5) is 4.39 Å². The molecule has 1 saturated heterocycles. The number of likely N-dealkylation sites (tertiary alicyclic amines) is 1. The summed E-state index contributed by atoms with van der Waals surface area (Å²) < 4.78 is 13.1. The maximum Gasteiger partial charge on any atom is 0.303 e. The highest BCUT2D eigenvalue weighted by molar-refractivity contribution is 5.67. The Morgan fingerprint density at radius 2 is 2.35 bits per heavy atom. The Bertz CT molecular complexity index is 539. The number of halogens is 1. The Hall–Kier alpha value is -1.93. The molecule has 1 heterocycles. The summed E-state index contributed by atoms with van der Waals surface area (Å²) in [6.07, 6.45) is 2.07. The van der Waals surface area contributed by atoms with Gasteiger partial charge in [0.15, 0.2) is 0 Å². The molecule has 2 rings (SSSR count). The van der Waals surface area contributed by atoms with E-state index in [2.05, 4.69) is 4.90 Å². The molecule has 1 N–H and O–H groups in total. The molecule has 20 heavy (non-hydrogen) atoms. The van der Waals surface area contributed by atoms with Crippen molar-refractivity contribution in [2.75, 3.05) is 13.1 Å². The third kappa shape index (κ3) is 3.78. The Balaban J connectivity index is 2.03. The molecule has 0 saturated carbocycles. The first-order chi connectivity index (χ1) is 9.58. The molecule has 1 atom stereocenters. The van der Waals surface area contributed by atoms with Gasteiger partial charge in [0.1, 0.15) is 5.82 Å². The van der Waals surface area contributed by atoms with E-state index in [0.29, 0.717) is 18.7 Å². The van der Waals surface area contributed by atoms with Crippen LogP contribution in [-0.4, -0.2) is 29.1 Å². The molecule has 1 fully saturated rings. The Morgan fingerprint density at radius 1 is 1.55 bits per heavy atom. The lowest BCUT2D eigenvalue weighted by Crippen LogP contribution is -2.35. The van der Waals surface area contributed by atoms with Crippen LogP contribution < -0.4 is 0 Å². The lowest BCUT2D eigenvalue weighted by molar-refractivity contribution is -0.138. The first-order valence-electron chi connectivity index (χ1n) is 6.71. The molecule has 1 aliphatic heterocycles. The number of rotatable bonds is 4. The van der Waals surface area contributed by atoms with Crippen LogP contribution in [0.2, 0.25) is 0 Å². The van der Waals surface area contributed by atoms with Crippen LogP contribution in [0.5, 0.6) is 0 Å². The number of benzene rings is 1. The number of aliphatic carboxylic acids is 1. The van der Waals surface area contributed by atoms with Gasteiger partial charge in [0.25, 0.3) is 0 Å². The summed E-state index contributed by atoms with van der Waals surface area (Å²) in [5.41, 5.74) is 1.15. The fourth-order valence-corrected chi connectivity index (χ4v) is 2.74. The van der Waals surface area contributed by atoms with E-state index in [0.717, 1.165) is 24.9 Å². The van der Waals surface area contributed by atoms with E-state index in [9.17, 15) is 9.18 Å². The van der Waals surface area contributed by atoms with Crippen molar-refractivity contribution in [2.45, 2.75) is 25.8 Å². The second-order valence-electron chi connectivity index (χ2n) is 5.25. The Kier molecular flexibility index (Phi) is 4.70. The average Bonchev–Trinajstić information content (AvgIpc) is 2.40. The number of nitriles is 1. The van der Waals surface area contributed by atoms with Gasteiger partial charge in [-0.1, -0.05) is 6.07 Å². The van der Waals surface area contributed by atoms with Crippen molar-refractivity contribution in [1.29, 1.82) is 5.26 Å². The number of carboxylic acid groups (broad SMARTS) is 1. The highest BCUT2D eigenvalue weighted by Gasteiger charge is 2.22. The van der Waals surface area contributed by atoms with Crippen LogP contribution in [0.15, 0.2) is 18.2 Å². The van der Waals surface area contributed by atoms with E-state index < -0.39 is 11.8 Å². The van der Waals surface area contributed by atoms with Crippen molar-refractivity contribution >= 4 is 5.97 Å². The predicted molar refractivity (Wildman–Crippen MR) is 71.4 cm³/mol. The molecule has 1 aliphatic rings. The van der Waals surface area contributed by atoms with Gasteiger partial charge in [0.2, 0.25) is 0 Å². The quantitative estimate of drug-likeness (QED) is 0.917. The number of carbonyl (C=O) groups is 1. The number of nitrogens with zero attached hydrogens (tertiary/aromatic N) is 2. The maximum absolute atomic E-state index is 13.1. The number of hydrogen-bond donors (Lipinski definition) is 1. The number of carboxylic acids is 1. The molecule has 0 aromatic heterocycles. The van der Waals surface area contributed by atoms with E-state index in [4.69, 9.17) is 10.4 Å². The summed E-state index contributed by atoms with van der Waals surface area (Å²) in [4.78, 5) is 12.9.